The van der Waals surface area contributed by atoms with Gasteiger partial charge >= 0.3 is 6.18 Å². The molecule has 0 bridgehead atoms. The van der Waals surface area contributed by atoms with Crippen molar-refractivity contribution in [2.75, 3.05) is 6.54 Å². The molecule has 1 amide bonds. The minimum atomic E-state index is -4.30. The van der Waals surface area contributed by atoms with Crippen molar-refractivity contribution < 1.29 is 18.0 Å². The van der Waals surface area contributed by atoms with Gasteiger partial charge in [0.2, 0.25) is 5.91 Å². The Hall–Kier alpha value is -0.740. The van der Waals surface area contributed by atoms with E-state index in [1.807, 2.05) is 5.32 Å². The average Bonchev–Trinajstić information content (AvgIpc) is 2.95. The first-order chi connectivity index (χ1) is 7.43. The van der Waals surface area contributed by atoms with E-state index in [1.54, 1.807) is 0 Å². The number of hydrogen-bond acceptors (Lipinski definition) is 1. The first-order valence-electron chi connectivity index (χ1n) is 5.77. The molecule has 2 saturated carbocycles. The molecule has 0 aromatic rings. The fraction of sp³-hybridized carbons (Fsp3) is 0.909. The van der Waals surface area contributed by atoms with Gasteiger partial charge < -0.3 is 5.32 Å². The Kier molecular flexibility index (Phi) is 2.88. The van der Waals surface area contributed by atoms with Crippen molar-refractivity contribution in [2.45, 2.75) is 44.7 Å². The molecule has 2 rings (SSSR count). The Bertz CT molecular complexity index is 283. The van der Waals surface area contributed by atoms with Gasteiger partial charge in [-0.05, 0) is 31.1 Å². The maximum atomic E-state index is 12.0. The summed E-state index contributed by atoms with van der Waals surface area (Å²) in [7, 11) is 0. The van der Waals surface area contributed by atoms with E-state index in [4.69, 9.17) is 0 Å². The van der Waals surface area contributed by atoms with Crippen LogP contribution in [0.5, 0.6) is 0 Å². The van der Waals surface area contributed by atoms with Gasteiger partial charge in [0.25, 0.3) is 0 Å². The molecule has 1 N–H and O–H groups in total. The largest absolute Gasteiger partial charge is 0.405 e. The second kappa shape index (κ2) is 3.93. The molecule has 1 spiro atoms. The van der Waals surface area contributed by atoms with Crippen molar-refractivity contribution in [3.8, 4) is 0 Å². The number of nitrogens with one attached hydrogen (secondary N) is 1. The van der Waals surface area contributed by atoms with E-state index in [0.717, 1.165) is 38.5 Å². The molecule has 0 radical (unpaired) electrons. The van der Waals surface area contributed by atoms with Gasteiger partial charge in [-0.25, -0.2) is 0 Å². The van der Waals surface area contributed by atoms with Gasteiger partial charge in [0.05, 0.1) is 0 Å². The topological polar surface area (TPSA) is 29.1 Å². The van der Waals surface area contributed by atoms with Crippen molar-refractivity contribution in [3.63, 3.8) is 0 Å². The molecule has 2 fully saturated rings. The minimum Gasteiger partial charge on any atom is -0.347 e. The normalized spacial score (nSPS) is 27.8. The van der Waals surface area contributed by atoms with Crippen LogP contribution in [-0.4, -0.2) is 18.6 Å². The molecule has 16 heavy (non-hydrogen) atoms. The molecule has 0 heterocycles. The van der Waals surface area contributed by atoms with E-state index in [-0.39, 0.29) is 11.3 Å². The number of halogens is 3. The van der Waals surface area contributed by atoms with Gasteiger partial charge in [-0.15, -0.1) is 0 Å². The first kappa shape index (κ1) is 11.7. The second-order valence-electron chi connectivity index (χ2n) is 4.99. The Morgan fingerprint density at radius 3 is 2.50 bits per heavy atom. The van der Waals surface area contributed by atoms with E-state index in [0.29, 0.717) is 0 Å². The second-order valence-corrected chi connectivity index (χ2v) is 4.99. The maximum absolute atomic E-state index is 12.0. The molecular weight excluding hydrogens is 219 g/mol. The number of carbonyl (C=O) groups is 1. The molecule has 1 atom stereocenters. The van der Waals surface area contributed by atoms with Crippen LogP contribution >= 0.6 is 0 Å². The summed E-state index contributed by atoms with van der Waals surface area (Å²) >= 11 is 0. The van der Waals surface area contributed by atoms with E-state index >= 15 is 0 Å². The lowest BCUT2D eigenvalue weighted by Gasteiger charge is -2.30. The lowest BCUT2D eigenvalue weighted by molar-refractivity contribution is -0.143. The van der Waals surface area contributed by atoms with Crippen LogP contribution in [0.25, 0.3) is 0 Å². The minimum absolute atomic E-state index is 0.0634. The zero-order valence-electron chi connectivity index (χ0n) is 9.07. The van der Waals surface area contributed by atoms with E-state index in [1.165, 1.54) is 0 Å². The van der Waals surface area contributed by atoms with Gasteiger partial charge in [-0.3, -0.25) is 4.79 Å². The molecule has 0 aliphatic heterocycles. The summed E-state index contributed by atoms with van der Waals surface area (Å²) in [5.74, 6) is -0.571. The molecule has 0 aromatic heterocycles. The van der Waals surface area contributed by atoms with Crippen LogP contribution in [0.2, 0.25) is 0 Å². The highest BCUT2D eigenvalue weighted by atomic mass is 19.4. The summed E-state index contributed by atoms with van der Waals surface area (Å²) < 4.78 is 35.9. The number of alkyl halides is 3. The fourth-order valence-electron chi connectivity index (χ4n) is 2.78. The number of rotatable bonds is 2. The van der Waals surface area contributed by atoms with Crippen LogP contribution in [0.3, 0.4) is 0 Å². The highest BCUT2D eigenvalue weighted by molar-refractivity contribution is 5.80. The van der Waals surface area contributed by atoms with Crippen molar-refractivity contribution in [2.24, 2.45) is 11.3 Å². The number of carbonyl (C=O) groups excluding carboxylic acids is 1. The smallest absolute Gasteiger partial charge is 0.347 e. The van der Waals surface area contributed by atoms with Gasteiger partial charge in [0.1, 0.15) is 6.54 Å². The summed E-state index contributed by atoms with van der Waals surface area (Å²) in [6.07, 6.45) is 1.56. The van der Waals surface area contributed by atoms with E-state index in [2.05, 4.69) is 0 Å². The molecule has 2 aliphatic rings. The third-order valence-electron chi connectivity index (χ3n) is 3.83. The summed E-state index contributed by atoms with van der Waals surface area (Å²) in [5.41, 5.74) is 0.0634. The zero-order chi connectivity index (χ0) is 11.8. The SMILES string of the molecule is O=C(NCC(F)(F)F)[C@H]1CCCCC12CC2. The monoisotopic (exact) mass is 235 g/mol. The van der Waals surface area contributed by atoms with Crippen molar-refractivity contribution in [1.82, 2.24) is 5.32 Å². The Labute approximate surface area is 92.6 Å². The maximum Gasteiger partial charge on any atom is 0.405 e. The molecule has 0 saturated heterocycles. The van der Waals surface area contributed by atoms with Crippen LogP contribution < -0.4 is 5.32 Å². The summed E-state index contributed by atoms with van der Waals surface area (Å²) in [6.45, 7) is -1.20. The van der Waals surface area contributed by atoms with Crippen LogP contribution in [-0.2, 0) is 4.79 Å². The summed E-state index contributed by atoms with van der Waals surface area (Å²) in [4.78, 5) is 11.7. The molecule has 2 nitrogen and oxygen atoms in total. The van der Waals surface area contributed by atoms with Crippen molar-refractivity contribution in [1.29, 1.82) is 0 Å². The molecule has 2 aliphatic carbocycles. The highest BCUT2D eigenvalue weighted by Crippen LogP contribution is 2.59. The lowest BCUT2D eigenvalue weighted by Crippen LogP contribution is -2.41. The summed E-state index contributed by atoms with van der Waals surface area (Å²) in [5, 5.41) is 2.02. The van der Waals surface area contributed by atoms with E-state index in [9.17, 15) is 18.0 Å². The van der Waals surface area contributed by atoms with Gasteiger partial charge in [0.15, 0.2) is 0 Å². The van der Waals surface area contributed by atoms with Gasteiger partial charge in [-0.1, -0.05) is 12.8 Å². The van der Waals surface area contributed by atoms with Gasteiger partial charge in [0, 0.05) is 5.92 Å². The summed E-state index contributed by atoms with van der Waals surface area (Å²) in [6, 6.07) is 0. The van der Waals surface area contributed by atoms with Crippen LogP contribution in [0.1, 0.15) is 38.5 Å². The first-order valence-corrected chi connectivity index (χ1v) is 5.77. The molecule has 0 aromatic carbocycles. The van der Waals surface area contributed by atoms with Crippen molar-refractivity contribution in [3.05, 3.63) is 0 Å². The van der Waals surface area contributed by atoms with Crippen LogP contribution in [0.4, 0.5) is 13.2 Å². The number of amides is 1. The Morgan fingerprint density at radius 2 is 1.94 bits per heavy atom. The third-order valence-corrected chi connectivity index (χ3v) is 3.83. The fourth-order valence-corrected chi connectivity index (χ4v) is 2.78. The van der Waals surface area contributed by atoms with Crippen LogP contribution in [0, 0.1) is 11.3 Å². The predicted octanol–water partition coefficient (Wildman–Crippen LogP) is 2.64. The molecular formula is C11H16F3NO. The Balaban J connectivity index is 1.89. The van der Waals surface area contributed by atoms with Crippen molar-refractivity contribution >= 4 is 5.91 Å². The molecule has 5 heteroatoms. The standard InChI is InChI=1S/C11H16F3NO/c12-11(13,14)7-15-9(16)8-3-1-2-4-10(8)5-6-10/h8H,1-7H2,(H,15,16)/t8-/m1/s1. The third kappa shape index (κ3) is 2.50. The highest BCUT2D eigenvalue weighted by Gasteiger charge is 2.52. The lowest BCUT2D eigenvalue weighted by atomic mass is 9.76. The average molecular weight is 235 g/mol. The molecule has 92 valence electrons. The number of hydrogen-bond donors (Lipinski definition) is 1. The Morgan fingerprint density at radius 1 is 1.25 bits per heavy atom. The quantitative estimate of drug-likeness (QED) is 0.783. The predicted molar refractivity (Wildman–Crippen MR) is 52.7 cm³/mol. The van der Waals surface area contributed by atoms with E-state index < -0.39 is 18.6 Å². The molecule has 0 unspecified atom stereocenters. The zero-order valence-corrected chi connectivity index (χ0v) is 9.07. The van der Waals surface area contributed by atoms with Gasteiger partial charge in [-0.2, -0.15) is 13.2 Å². The van der Waals surface area contributed by atoms with Crippen LogP contribution in [0.15, 0.2) is 0 Å².